The van der Waals surface area contributed by atoms with E-state index in [0.717, 1.165) is 24.6 Å². The molecule has 0 aliphatic carbocycles. The van der Waals surface area contributed by atoms with Gasteiger partial charge in [0, 0.05) is 12.6 Å². The highest BCUT2D eigenvalue weighted by Gasteiger charge is 2.01. The Morgan fingerprint density at radius 1 is 1.44 bits per heavy atom. The summed E-state index contributed by atoms with van der Waals surface area (Å²) in [5.74, 6) is 2.16. The maximum Gasteiger partial charge on any atom is 0.219 e. The molecule has 0 unspecified atom stereocenters. The van der Waals surface area contributed by atoms with Gasteiger partial charge in [0.1, 0.15) is 18.2 Å². The molecule has 0 radical (unpaired) electrons. The number of anilines is 1. The first-order valence-electron chi connectivity index (χ1n) is 5.59. The van der Waals surface area contributed by atoms with Gasteiger partial charge < -0.3 is 10.1 Å². The molecule has 0 aliphatic rings. The lowest BCUT2D eigenvalue weighted by Gasteiger charge is -2.07. The van der Waals surface area contributed by atoms with Crippen molar-refractivity contribution in [3.63, 3.8) is 0 Å². The van der Waals surface area contributed by atoms with Gasteiger partial charge in [-0.2, -0.15) is 4.98 Å². The molecular weight excluding hydrogens is 202 g/mol. The van der Waals surface area contributed by atoms with Gasteiger partial charge in [-0.3, -0.25) is 0 Å². The van der Waals surface area contributed by atoms with Crippen molar-refractivity contribution >= 4 is 5.82 Å². The SMILES string of the molecule is C/C=C/COc1cc(NCCC)nc(C)n1. The van der Waals surface area contributed by atoms with Crippen LogP contribution in [0.3, 0.4) is 0 Å². The molecule has 4 nitrogen and oxygen atoms in total. The van der Waals surface area contributed by atoms with Crippen LogP contribution in [-0.2, 0) is 0 Å². The molecule has 1 N–H and O–H groups in total. The number of ether oxygens (including phenoxy) is 1. The van der Waals surface area contributed by atoms with Crippen molar-refractivity contribution in [1.29, 1.82) is 0 Å². The van der Waals surface area contributed by atoms with Gasteiger partial charge in [0.15, 0.2) is 0 Å². The summed E-state index contributed by atoms with van der Waals surface area (Å²) in [5.41, 5.74) is 0. The molecule has 1 heterocycles. The minimum atomic E-state index is 0.542. The second-order valence-electron chi connectivity index (χ2n) is 3.45. The third kappa shape index (κ3) is 4.29. The van der Waals surface area contributed by atoms with Crippen LogP contribution in [0.1, 0.15) is 26.1 Å². The summed E-state index contributed by atoms with van der Waals surface area (Å²) >= 11 is 0. The summed E-state index contributed by atoms with van der Waals surface area (Å²) in [6.07, 6.45) is 4.96. The molecule has 88 valence electrons. The number of nitrogens with one attached hydrogen (secondary N) is 1. The molecule has 4 heteroatoms. The van der Waals surface area contributed by atoms with Gasteiger partial charge in [-0.15, -0.1) is 0 Å². The molecule has 0 bridgehead atoms. The van der Waals surface area contributed by atoms with Crippen molar-refractivity contribution in [3.05, 3.63) is 24.0 Å². The van der Waals surface area contributed by atoms with E-state index in [0.29, 0.717) is 12.5 Å². The number of hydrogen-bond donors (Lipinski definition) is 1. The Kier molecular flexibility index (Phi) is 5.32. The van der Waals surface area contributed by atoms with E-state index >= 15 is 0 Å². The molecule has 0 saturated carbocycles. The van der Waals surface area contributed by atoms with Crippen LogP contribution < -0.4 is 10.1 Å². The molecule has 0 atom stereocenters. The van der Waals surface area contributed by atoms with Crippen molar-refractivity contribution in [2.75, 3.05) is 18.5 Å². The van der Waals surface area contributed by atoms with E-state index in [1.165, 1.54) is 0 Å². The van der Waals surface area contributed by atoms with Crippen LogP contribution in [0.25, 0.3) is 0 Å². The first kappa shape index (κ1) is 12.5. The first-order chi connectivity index (χ1) is 7.76. The van der Waals surface area contributed by atoms with Crippen molar-refractivity contribution in [1.82, 2.24) is 9.97 Å². The molecule has 0 aromatic carbocycles. The van der Waals surface area contributed by atoms with E-state index in [2.05, 4.69) is 22.2 Å². The predicted octanol–water partition coefficient (Wildman–Crippen LogP) is 2.56. The van der Waals surface area contributed by atoms with Crippen molar-refractivity contribution in [2.24, 2.45) is 0 Å². The van der Waals surface area contributed by atoms with Crippen LogP contribution in [0.15, 0.2) is 18.2 Å². The van der Waals surface area contributed by atoms with Crippen molar-refractivity contribution in [2.45, 2.75) is 27.2 Å². The van der Waals surface area contributed by atoms with E-state index in [1.807, 2.05) is 32.1 Å². The molecule has 1 aromatic rings. The fraction of sp³-hybridized carbons (Fsp3) is 0.500. The highest BCUT2D eigenvalue weighted by molar-refractivity contribution is 5.38. The van der Waals surface area contributed by atoms with Crippen LogP contribution in [0.5, 0.6) is 5.88 Å². The van der Waals surface area contributed by atoms with Crippen LogP contribution >= 0.6 is 0 Å². The lowest BCUT2D eigenvalue weighted by molar-refractivity contribution is 0.347. The largest absolute Gasteiger partial charge is 0.473 e. The van der Waals surface area contributed by atoms with Crippen molar-refractivity contribution in [3.8, 4) is 5.88 Å². The molecular formula is C12H19N3O. The standard InChI is InChI=1S/C12H19N3O/c1-4-6-8-16-12-9-11(13-7-5-2)14-10(3)15-12/h4,6,9H,5,7-8H2,1-3H3,(H,13,14,15)/b6-4+. The Labute approximate surface area is 96.8 Å². The summed E-state index contributed by atoms with van der Waals surface area (Å²) < 4.78 is 5.47. The summed E-state index contributed by atoms with van der Waals surface area (Å²) in [6, 6.07) is 1.83. The Balaban J connectivity index is 2.65. The fourth-order valence-electron chi connectivity index (χ4n) is 1.19. The second-order valence-corrected chi connectivity index (χ2v) is 3.45. The van der Waals surface area contributed by atoms with Crippen LogP contribution in [0.2, 0.25) is 0 Å². The topological polar surface area (TPSA) is 47.0 Å². The minimum absolute atomic E-state index is 0.542. The minimum Gasteiger partial charge on any atom is -0.473 e. The zero-order chi connectivity index (χ0) is 11.8. The lowest BCUT2D eigenvalue weighted by atomic mass is 10.4. The highest BCUT2D eigenvalue weighted by atomic mass is 16.5. The lowest BCUT2D eigenvalue weighted by Crippen LogP contribution is -2.05. The predicted molar refractivity (Wildman–Crippen MR) is 65.9 cm³/mol. The average Bonchev–Trinajstić information content (AvgIpc) is 2.26. The molecule has 1 rings (SSSR count). The van der Waals surface area contributed by atoms with E-state index in [4.69, 9.17) is 4.74 Å². The highest BCUT2D eigenvalue weighted by Crippen LogP contribution is 2.13. The van der Waals surface area contributed by atoms with Gasteiger partial charge >= 0.3 is 0 Å². The Bertz CT molecular complexity index is 350. The van der Waals surface area contributed by atoms with Crippen LogP contribution in [0, 0.1) is 6.92 Å². The maximum atomic E-state index is 5.47. The zero-order valence-corrected chi connectivity index (χ0v) is 10.2. The van der Waals surface area contributed by atoms with Gasteiger partial charge in [0.05, 0.1) is 0 Å². The number of aryl methyl sites for hydroxylation is 1. The van der Waals surface area contributed by atoms with Crippen molar-refractivity contribution < 1.29 is 4.74 Å². The fourth-order valence-corrected chi connectivity index (χ4v) is 1.19. The van der Waals surface area contributed by atoms with Crippen LogP contribution in [0.4, 0.5) is 5.82 Å². The zero-order valence-electron chi connectivity index (χ0n) is 10.2. The number of nitrogens with zero attached hydrogens (tertiary/aromatic N) is 2. The third-order valence-electron chi connectivity index (χ3n) is 1.93. The van der Waals surface area contributed by atoms with Gasteiger partial charge in [0.25, 0.3) is 0 Å². The van der Waals surface area contributed by atoms with Gasteiger partial charge in [-0.1, -0.05) is 19.1 Å². The molecule has 16 heavy (non-hydrogen) atoms. The quantitative estimate of drug-likeness (QED) is 0.750. The number of hydrogen-bond acceptors (Lipinski definition) is 4. The van der Waals surface area contributed by atoms with E-state index in [1.54, 1.807) is 0 Å². The van der Waals surface area contributed by atoms with Gasteiger partial charge in [-0.05, 0) is 20.3 Å². The number of aromatic nitrogens is 2. The van der Waals surface area contributed by atoms with Gasteiger partial charge in [0.2, 0.25) is 5.88 Å². The Hall–Kier alpha value is -1.58. The molecule has 0 amide bonds. The summed E-state index contributed by atoms with van der Waals surface area (Å²) in [4.78, 5) is 8.49. The normalized spacial score (nSPS) is 10.7. The maximum absolute atomic E-state index is 5.47. The third-order valence-corrected chi connectivity index (χ3v) is 1.93. The van der Waals surface area contributed by atoms with Crippen LogP contribution in [-0.4, -0.2) is 23.1 Å². The first-order valence-corrected chi connectivity index (χ1v) is 5.59. The molecule has 0 spiro atoms. The summed E-state index contributed by atoms with van der Waals surface area (Å²) in [7, 11) is 0. The van der Waals surface area contributed by atoms with E-state index < -0.39 is 0 Å². The number of rotatable bonds is 6. The number of allylic oxidation sites excluding steroid dienone is 1. The van der Waals surface area contributed by atoms with Gasteiger partial charge in [-0.25, -0.2) is 4.98 Å². The molecule has 1 aromatic heterocycles. The average molecular weight is 221 g/mol. The summed E-state index contributed by atoms with van der Waals surface area (Å²) in [5, 5.41) is 3.22. The van der Waals surface area contributed by atoms with E-state index in [-0.39, 0.29) is 0 Å². The molecule has 0 saturated heterocycles. The second kappa shape index (κ2) is 6.82. The summed E-state index contributed by atoms with van der Waals surface area (Å²) in [6.45, 7) is 7.39. The monoisotopic (exact) mass is 221 g/mol. The van der Waals surface area contributed by atoms with E-state index in [9.17, 15) is 0 Å². The smallest absolute Gasteiger partial charge is 0.219 e. The Morgan fingerprint density at radius 3 is 2.94 bits per heavy atom. The Morgan fingerprint density at radius 2 is 2.25 bits per heavy atom. The molecule has 0 fully saturated rings. The molecule has 0 aliphatic heterocycles.